The van der Waals surface area contributed by atoms with Crippen LogP contribution in [-0.4, -0.2) is 52.2 Å². The van der Waals surface area contributed by atoms with Gasteiger partial charge < -0.3 is 11.1 Å². The summed E-state index contributed by atoms with van der Waals surface area (Å²) in [7, 11) is 0. The Morgan fingerprint density at radius 2 is 1.93 bits per heavy atom. The molecule has 0 atom stereocenters. The first-order valence-corrected chi connectivity index (χ1v) is 9.88. The highest BCUT2D eigenvalue weighted by Gasteiger charge is 2.25. The van der Waals surface area contributed by atoms with Crippen molar-refractivity contribution >= 4 is 35.0 Å². The van der Waals surface area contributed by atoms with Crippen LogP contribution >= 0.6 is 23.2 Å². The predicted molar refractivity (Wildman–Crippen MR) is 109 cm³/mol. The summed E-state index contributed by atoms with van der Waals surface area (Å²) in [6.45, 7) is 3.83. The van der Waals surface area contributed by atoms with E-state index in [1.165, 1.54) is 0 Å². The van der Waals surface area contributed by atoms with Crippen molar-refractivity contribution in [3.63, 3.8) is 0 Å². The van der Waals surface area contributed by atoms with E-state index in [-0.39, 0.29) is 24.4 Å². The fourth-order valence-electron chi connectivity index (χ4n) is 3.42. The standard InChI is InChI=1S/C19H23Cl2N5O2/c1-12-17(18(21)26(24-12)10-13-4-2-3-5-15(13)20)19(28)23-14-6-8-25(9-7-14)11-16(22)27/h2-5,14H,6-11H2,1H3,(H2,22,27)(H,23,28). The lowest BCUT2D eigenvalue weighted by Crippen LogP contribution is -2.46. The van der Waals surface area contributed by atoms with Gasteiger partial charge in [0.1, 0.15) is 5.15 Å². The summed E-state index contributed by atoms with van der Waals surface area (Å²) in [5.74, 6) is -0.572. The lowest BCUT2D eigenvalue weighted by molar-refractivity contribution is -0.119. The van der Waals surface area contributed by atoms with Crippen molar-refractivity contribution in [2.75, 3.05) is 19.6 Å². The number of hydrogen-bond acceptors (Lipinski definition) is 4. The molecule has 28 heavy (non-hydrogen) atoms. The predicted octanol–water partition coefficient (Wildman–Crippen LogP) is 2.23. The molecule has 1 fully saturated rings. The zero-order valence-corrected chi connectivity index (χ0v) is 17.1. The van der Waals surface area contributed by atoms with E-state index in [2.05, 4.69) is 10.4 Å². The number of primary amides is 1. The number of benzene rings is 1. The largest absolute Gasteiger partial charge is 0.369 e. The van der Waals surface area contributed by atoms with Gasteiger partial charge in [0.25, 0.3) is 5.91 Å². The molecule has 1 aromatic carbocycles. The van der Waals surface area contributed by atoms with Crippen LogP contribution in [-0.2, 0) is 11.3 Å². The van der Waals surface area contributed by atoms with E-state index < -0.39 is 0 Å². The number of hydrogen-bond donors (Lipinski definition) is 2. The molecule has 1 saturated heterocycles. The van der Waals surface area contributed by atoms with Crippen LogP contribution in [0.2, 0.25) is 10.2 Å². The van der Waals surface area contributed by atoms with Gasteiger partial charge in [-0.2, -0.15) is 5.10 Å². The van der Waals surface area contributed by atoms with Crippen molar-refractivity contribution in [2.24, 2.45) is 5.73 Å². The quantitative estimate of drug-likeness (QED) is 0.744. The molecule has 0 aliphatic carbocycles. The fraction of sp³-hybridized carbons (Fsp3) is 0.421. The van der Waals surface area contributed by atoms with E-state index in [0.717, 1.165) is 18.4 Å². The van der Waals surface area contributed by atoms with Crippen LogP contribution < -0.4 is 11.1 Å². The number of carbonyl (C=O) groups is 2. The summed E-state index contributed by atoms with van der Waals surface area (Å²) < 4.78 is 1.59. The van der Waals surface area contributed by atoms with E-state index in [9.17, 15) is 9.59 Å². The first-order valence-electron chi connectivity index (χ1n) is 9.13. The van der Waals surface area contributed by atoms with Gasteiger partial charge in [-0.25, -0.2) is 4.68 Å². The van der Waals surface area contributed by atoms with Gasteiger partial charge >= 0.3 is 0 Å². The van der Waals surface area contributed by atoms with Crippen molar-refractivity contribution in [2.45, 2.75) is 32.4 Å². The van der Waals surface area contributed by atoms with Crippen LogP contribution in [0.25, 0.3) is 0 Å². The highest BCUT2D eigenvalue weighted by atomic mass is 35.5. The van der Waals surface area contributed by atoms with E-state index in [1.807, 2.05) is 23.1 Å². The summed E-state index contributed by atoms with van der Waals surface area (Å²) in [4.78, 5) is 25.8. The smallest absolute Gasteiger partial charge is 0.256 e. The first kappa shape index (κ1) is 20.6. The number of aryl methyl sites for hydroxylation is 1. The van der Waals surface area contributed by atoms with E-state index >= 15 is 0 Å². The highest BCUT2D eigenvalue weighted by Crippen LogP contribution is 2.24. The molecule has 0 unspecified atom stereocenters. The third kappa shape index (κ3) is 4.84. The number of piperidine rings is 1. The maximum absolute atomic E-state index is 12.8. The Bertz CT molecular complexity index is 875. The molecular weight excluding hydrogens is 401 g/mol. The molecule has 2 aromatic rings. The number of carbonyl (C=O) groups excluding carboxylic acids is 2. The molecule has 0 spiro atoms. The van der Waals surface area contributed by atoms with Crippen LogP contribution in [0.5, 0.6) is 0 Å². The Kier molecular flexibility index (Phi) is 6.59. The number of halogens is 2. The molecule has 0 bridgehead atoms. The number of nitrogens with one attached hydrogen (secondary N) is 1. The average molecular weight is 424 g/mol. The zero-order chi connectivity index (χ0) is 20.3. The fourth-order valence-corrected chi connectivity index (χ4v) is 3.93. The lowest BCUT2D eigenvalue weighted by Gasteiger charge is -2.31. The van der Waals surface area contributed by atoms with Crippen molar-refractivity contribution in [1.82, 2.24) is 20.0 Å². The Morgan fingerprint density at radius 3 is 2.57 bits per heavy atom. The molecule has 3 N–H and O–H groups in total. The third-order valence-corrected chi connectivity index (χ3v) is 5.63. The Balaban J connectivity index is 1.65. The molecule has 1 aliphatic rings. The Morgan fingerprint density at radius 1 is 1.25 bits per heavy atom. The van der Waals surface area contributed by atoms with Crippen molar-refractivity contribution in [3.05, 3.63) is 51.3 Å². The first-order chi connectivity index (χ1) is 13.3. The molecule has 9 heteroatoms. The Labute approximate surface area is 173 Å². The second-order valence-electron chi connectivity index (χ2n) is 6.99. The Hall–Kier alpha value is -2.09. The van der Waals surface area contributed by atoms with Crippen LogP contribution in [0.3, 0.4) is 0 Å². The monoisotopic (exact) mass is 423 g/mol. The van der Waals surface area contributed by atoms with Gasteiger partial charge in [-0.15, -0.1) is 0 Å². The minimum absolute atomic E-state index is 0.0269. The van der Waals surface area contributed by atoms with Crippen LogP contribution in [0, 0.1) is 6.92 Å². The molecule has 1 aliphatic heterocycles. The molecule has 0 saturated carbocycles. The molecule has 2 amide bonds. The van der Waals surface area contributed by atoms with Gasteiger partial charge in [-0.05, 0) is 31.4 Å². The lowest BCUT2D eigenvalue weighted by atomic mass is 10.0. The summed E-state index contributed by atoms with van der Waals surface area (Å²) in [6.07, 6.45) is 1.51. The minimum Gasteiger partial charge on any atom is -0.369 e. The normalized spacial score (nSPS) is 15.5. The number of amides is 2. The van der Waals surface area contributed by atoms with E-state index in [4.69, 9.17) is 28.9 Å². The number of rotatable bonds is 6. The summed E-state index contributed by atoms with van der Waals surface area (Å²) in [5.41, 5.74) is 7.06. The maximum atomic E-state index is 12.8. The van der Waals surface area contributed by atoms with Gasteiger partial charge in [0.2, 0.25) is 5.91 Å². The highest BCUT2D eigenvalue weighted by molar-refractivity contribution is 6.33. The van der Waals surface area contributed by atoms with Gasteiger partial charge in [0.05, 0.1) is 24.3 Å². The number of nitrogens with two attached hydrogens (primary N) is 1. The topological polar surface area (TPSA) is 93.2 Å². The second kappa shape index (κ2) is 8.94. The minimum atomic E-state index is -0.337. The number of aromatic nitrogens is 2. The zero-order valence-electron chi connectivity index (χ0n) is 15.6. The molecule has 1 aromatic heterocycles. The number of likely N-dealkylation sites (tertiary alicyclic amines) is 1. The van der Waals surface area contributed by atoms with Crippen molar-refractivity contribution in [3.8, 4) is 0 Å². The van der Waals surface area contributed by atoms with Gasteiger partial charge in [-0.3, -0.25) is 14.5 Å². The van der Waals surface area contributed by atoms with E-state index in [0.29, 0.717) is 41.1 Å². The SMILES string of the molecule is Cc1nn(Cc2ccccc2Cl)c(Cl)c1C(=O)NC1CCN(CC(N)=O)CC1. The summed E-state index contributed by atoms with van der Waals surface area (Å²) >= 11 is 12.7. The molecule has 7 nitrogen and oxygen atoms in total. The van der Waals surface area contributed by atoms with Crippen LogP contribution in [0.15, 0.2) is 24.3 Å². The number of nitrogens with zero attached hydrogens (tertiary/aromatic N) is 3. The molecule has 2 heterocycles. The molecule has 150 valence electrons. The van der Waals surface area contributed by atoms with Crippen LogP contribution in [0.1, 0.15) is 34.5 Å². The summed E-state index contributed by atoms with van der Waals surface area (Å²) in [6, 6.07) is 7.48. The second-order valence-corrected chi connectivity index (χ2v) is 7.76. The third-order valence-electron chi connectivity index (χ3n) is 4.87. The average Bonchev–Trinajstić information content (AvgIpc) is 2.92. The van der Waals surface area contributed by atoms with Crippen molar-refractivity contribution < 1.29 is 9.59 Å². The van der Waals surface area contributed by atoms with Gasteiger partial charge in [0.15, 0.2) is 0 Å². The van der Waals surface area contributed by atoms with E-state index in [1.54, 1.807) is 17.7 Å². The van der Waals surface area contributed by atoms with Crippen LogP contribution in [0.4, 0.5) is 0 Å². The maximum Gasteiger partial charge on any atom is 0.256 e. The van der Waals surface area contributed by atoms with Gasteiger partial charge in [-0.1, -0.05) is 41.4 Å². The molecule has 3 rings (SSSR count). The molecular formula is C19H23Cl2N5O2. The van der Waals surface area contributed by atoms with Crippen molar-refractivity contribution in [1.29, 1.82) is 0 Å². The van der Waals surface area contributed by atoms with Gasteiger partial charge in [0, 0.05) is 24.2 Å². The molecule has 0 radical (unpaired) electrons. The summed E-state index contributed by atoms with van der Waals surface area (Å²) in [5, 5.41) is 8.36.